The maximum absolute atomic E-state index is 5.81. The molecule has 112 valence electrons. The van der Waals surface area contributed by atoms with Crippen molar-refractivity contribution in [3.63, 3.8) is 0 Å². The lowest BCUT2D eigenvalue weighted by Gasteiger charge is -2.17. The fourth-order valence-corrected chi connectivity index (χ4v) is 2.89. The minimum atomic E-state index is 0.699. The SMILES string of the molecule is CCNc1c(CC)c(C)nc2cc3c(cc12)OCCCO3. The van der Waals surface area contributed by atoms with Gasteiger partial charge in [-0.1, -0.05) is 6.92 Å². The summed E-state index contributed by atoms with van der Waals surface area (Å²) >= 11 is 0. The number of nitrogens with zero attached hydrogens (tertiary/aromatic N) is 1. The number of pyridine rings is 1. The largest absolute Gasteiger partial charge is 0.490 e. The highest BCUT2D eigenvalue weighted by Gasteiger charge is 2.17. The molecule has 21 heavy (non-hydrogen) atoms. The van der Waals surface area contributed by atoms with Crippen molar-refractivity contribution < 1.29 is 9.47 Å². The summed E-state index contributed by atoms with van der Waals surface area (Å²) in [7, 11) is 0. The van der Waals surface area contributed by atoms with Crippen LogP contribution in [0.25, 0.3) is 10.9 Å². The molecule has 0 spiro atoms. The Bertz CT molecular complexity index is 668. The lowest BCUT2D eigenvalue weighted by molar-refractivity contribution is 0.297. The standard InChI is InChI=1S/C17H22N2O2/c1-4-12-11(3)19-14-10-16-15(20-7-6-8-21-16)9-13(14)17(12)18-5-2/h9-10H,4-8H2,1-3H3,(H,18,19). The van der Waals surface area contributed by atoms with E-state index >= 15 is 0 Å². The summed E-state index contributed by atoms with van der Waals surface area (Å²) < 4.78 is 11.6. The Balaban J connectivity index is 2.25. The number of hydrogen-bond donors (Lipinski definition) is 1. The minimum Gasteiger partial charge on any atom is -0.490 e. The monoisotopic (exact) mass is 286 g/mol. The molecule has 4 nitrogen and oxygen atoms in total. The zero-order valence-electron chi connectivity index (χ0n) is 13.0. The summed E-state index contributed by atoms with van der Waals surface area (Å²) in [4.78, 5) is 4.75. The van der Waals surface area contributed by atoms with Gasteiger partial charge in [-0.2, -0.15) is 0 Å². The zero-order valence-corrected chi connectivity index (χ0v) is 13.0. The van der Waals surface area contributed by atoms with E-state index in [-0.39, 0.29) is 0 Å². The molecule has 0 atom stereocenters. The topological polar surface area (TPSA) is 43.4 Å². The van der Waals surface area contributed by atoms with Gasteiger partial charge in [0.15, 0.2) is 11.5 Å². The Morgan fingerprint density at radius 1 is 1.14 bits per heavy atom. The number of fused-ring (bicyclic) bond motifs is 2. The van der Waals surface area contributed by atoms with E-state index in [0.29, 0.717) is 13.2 Å². The number of nitrogens with one attached hydrogen (secondary N) is 1. The lowest BCUT2D eigenvalue weighted by Crippen LogP contribution is -2.05. The first kappa shape index (κ1) is 14.0. The molecule has 0 fully saturated rings. The molecule has 1 aliphatic rings. The molecule has 1 aromatic carbocycles. The molecule has 0 unspecified atom stereocenters. The third-order valence-corrected chi connectivity index (χ3v) is 3.87. The average molecular weight is 286 g/mol. The maximum Gasteiger partial charge on any atom is 0.163 e. The van der Waals surface area contributed by atoms with Gasteiger partial charge < -0.3 is 14.8 Å². The molecule has 1 aromatic heterocycles. The smallest absolute Gasteiger partial charge is 0.163 e. The predicted molar refractivity (Wildman–Crippen MR) is 85.6 cm³/mol. The number of anilines is 1. The van der Waals surface area contributed by atoms with Crippen molar-refractivity contribution in [2.75, 3.05) is 25.1 Å². The van der Waals surface area contributed by atoms with Crippen LogP contribution >= 0.6 is 0 Å². The van der Waals surface area contributed by atoms with Gasteiger partial charge >= 0.3 is 0 Å². The highest BCUT2D eigenvalue weighted by Crippen LogP contribution is 2.38. The summed E-state index contributed by atoms with van der Waals surface area (Å²) in [6.45, 7) is 8.64. The van der Waals surface area contributed by atoms with Crippen molar-refractivity contribution >= 4 is 16.6 Å². The van der Waals surface area contributed by atoms with Crippen LogP contribution in [0.2, 0.25) is 0 Å². The second-order valence-electron chi connectivity index (χ2n) is 5.30. The van der Waals surface area contributed by atoms with E-state index in [9.17, 15) is 0 Å². The summed E-state index contributed by atoms with van der Waals surface area (Å²) in [6, 6.07) is 4.07. The third kappa shape index (κ3) is 2.50. The van der Waals surface area contributed by atoms with E-state index in [1.54, 1.807) is 0 Å². The van der Waals surface area contributed by atoms with Crippen molar-refractivity contribution in [1.82, 2.24) is 4.98 Å². The van der Waals surface area contributed by atoms with E-state index in [0.717, 1.165) is 47.5 Å². The molecule has 0 radical (unpaired) electrons. The molecule has 3 rings (SSSR count). The number of rotatable bonds is 3. The Morgan fingerprint density at radius 2 is 1.86 bits per heavy atom. The van der Waals surface area contributed by atoms with Crippen LogP contribution in [0.1, 0.15) is 31.5 Å². The van der Waals surface area contributed by atoms with Gasteiger partial charge in [-0.05, 0) is 31.9 Å². The zero-order chi connectivity index (χ0) is 14.8. The predicted octanol–water partition coefficient (Wildman–Crippen LogP) is 3.70. The molecule has 0 bridgehead atoms. The molecular weight excluding hydrogens is 264 g/mol. The van der Waals surface area contributed by atoms with Gasteiger partial charge in [0.1, 0.15) is 0 Å². The second kappa shape index (κ2) is 5.80. The van der Waals surface area contributed by atoms with Crippen molar-refractivity contribution in [3.05, 3.63) is 23.4 Å². The highest BCUT2D eigenvalue weighted by atomic mass is 16.5. The van der Waals surface area contributed by atoms with Gasteiger partial charge in [0.05, 0.1) is 18.7 Å². The van der Waals surface area contributed by atoms with Crippen LogP contribution in [-0.4, -0.2) is 24.7 Å². The maximum atomic E-state index is 5.81. The van der Waals surface area contributed by atoms with Crippen LogP contribution in [0.4, 0.5) is 5.69 Å². The van der Waals surface area contributed by atoms with Gasteiger partial charge in [0.25, 0.3) is 0 Å². The first-order chi connectivity index (χ1) is 10.2. The van der Waals surface area contributed by atoms with E-state index < -0.39 is 0 Å². The average Bonchev–Trinajstić information content (AvgIpc) is 2.70. The fourth-order valence-electron chi connectivity index (χ4n) is 2.89. The summed E-state index contributed by atoms with van der Waals surface area (Å²) in [5.74, 6) is 1.63. The van der Waals surface area contributed by atoms with Crippen LogP contribution in [0, 0.1) is 6.92 Å². The van der Waals surface area contributed by atoms with Crippen LogP contribution in [0.5, 0.6) is 11.5 Å². The number of aryl methyl sites for hydroxylation is 1. The van der Waals surface area contributed by atoms with E-state index in [1.807, 2.05) is 6.07 Å². The molecule has 2 heterocycles. The molecule has 1 N–H and O–H groups in total. The minimum absolute atomic E-state index is 0.699. The van der Waals surface area contributed by atoms with Crippen LogP contribution in [0.15, 0.2) is 12.1 Å². The van der Waals surface area contributed by atoms with Crippen LogP contribution in [-0.2, 0) is 6.42 Å². The Kier molecular flexibility index (Phi) is 3.86. The second-order valence-corrected chi connectivity index (χ2v) is 5.30. The first-order valence-electron chi connectivity index (χ1n) is 7.71. The molecule has 0 saturated carbocycles. The lowest BCUT2D eigenvalue weighted by atomic mass is 10.0. The third-order valence-electron chi connectivity index (χ3n) is 3.87. The van der Waals surface area contributed by atoms with Crippen LogP contribution < -0.4 is 14.8 Å². The van der Waals surface area contributed by atoms with Crippen molar-refractivity contribution in [2.45, 2.75) is 33.6 Å². The molecular formula is C17H22N2O2. The number of aromatic nitrogens is 1. The highest BCUT2D eigenvalue weighted by molar-refractivity contribution is 5.95. The van der Waals surface area contributed by atoms with Crippen molar-refractivity contribution in [3.8, 4) is 11.5 Å². The molecule has 0 saturated heterocycles. The normalized spacial score (nSPS) is 14.0. The number of ether oxygens (including phenoxy) is 2. The quantitative estimate of drug-likeness (QED) is 0.934. The molecule has 0 aliphatic carbocycles. The number of benzene rings is 1. The van der Waals surface area contributed by atoms with Gasteiger partial charge in [0.2, 0.25) is 0 Å². The molecule has 4 heteroatoms. The van der Waals surface area contributed by atoms with Crippen LogP contribution in [0.3, 0.4) is 0 Å². The molecule has 1 aliphatic heterocycles. The van der Waals surface area contributed by atoms with Gasteiger partial charge in [-0.3, -0.25) is 4.98 Å². The Hall–Kier alpha value is -1.97. The summed E-state index contributed by atoms with van der Waals surface area (Å²) in [5, 5.41) is 4.61. The van der Waals surface area contributed by atoms with E-state index in [2.05, 4.69) is 32.2 Å². The first-order valence-corrected chi connectivity index (χ1v) is 7.71. The van der Waals surface area contributed by atoms with E-state index in [1.165, 1.54) is 11.3 Å². The van der Waals surface area contributed by atoms with Crippen molar-refractivity contribution in [1.29, 1.82) is 0 Å². The van der Waals surface area contributed by atoms with Crippen molar-refractivity contribution in [2.24, 2.45) is 0 Å². The summed E-state index contributed by atoms with van der Waals surface area (Å²) in [6.07, 6.45) is 1.88. The Morgan fingerprint density at radius 3 is 2.52 bits per heavy atom. The fraction of sp³-hybridized carbons (Fsp3) is 0.471. The molecule has 2 aromatic rings. The Labute approximate surface area is 125 Å². The van der Waals surface area contributed by atoms with Gasteiger partial charge in [-0.25, -0.2) is 0 Å². The summed E-state index contributed by atoms with van der Waals surface area (Å²) in [5.41, 5.74) is 4.50. The van der Waals surface area contributed by atoms with E-state index in [4.69, 9.17) is 14.5 Å². The van der Waals surface area contributed by atoms with Gasteiger partial charge in [0, 0.05) is 35.8 Å². The van der Waals surface area contributed by atoms with Gasteiger partial charge in [-0.15, -0.1) is 0 Å². The number of hydrogen-bond acceptors (Lipinski definition) is 4. The molecule has 0 amide bonds.